The number of amides is 1. The zero-order valence-electron chi connectivity index (χ0n) is 16.8. The van der Waals surface area contributed by atoms with E-state index in [2.05, 4.69) is 10.3 Å². The van der Waals surface area contributed by atoms with Crippen LogP contribution in [0.3, 0.4) is 0 Å². The van der Waals surface area contributed by atoms with Crippen molar-refractivity contribution in [3.8, 4) is 17.2 Å². The fraction of sp³-hybridized carbons (Fsp3) is 0.182. The molecule has 8 heteroatoms. The molecule has 3 aromatic rings. The lowest BCUT2D eigenvalue weighted by Crippen LogP contribution is -2.09. The van der Waals surface area contributed by atoms with Gasteiger partial charge in [-0.05, 0) is 25.1 Å². The van der Waals surface area contributed by atoms with Crippen LogP contribution >= 0.6 is 22.9 Å². The number of para-hydroxylation sites is 1. The Morgan fingerprint density at radius 1 is 1.17 bits per heavy atom. The van der Waals surface area contributed by atoms with Gasteiger partial charge >= 0.3 is 0 Å². The van der Waals surface area contributed by atoms with Gasteiger partial charge in [0.05, 0.1) is 35.6 Å². The van der Waals surface area contributed by atoms with E-state index in [9.17, 15) is 4.79 Å². The van der Waals surface area contributed by atoms with Crippen LogP contribution in [-0.2, 0) is 11.4 Å². The zero-order valence-corrected chi connectivity index (χ0v) is 18.3. The van der Waals surface area contributed by atoms with Crippen molar-refractivity contribution in [2.75, 3.05) is 19.5 Å². The maximum atomic E-state index is 12.4. The summed E-state index contributed by atoms with van der Waals surface area (Å²) in [6.45, 7) is 2.32. The molecular weight excluding hydrogens is 424 g/mol. The van der Waals surface area contributed by atoms with E-state index in [0.29, 0.717) is 34.6 Å². The number of aryl methyl sites for hydroxylation is 1. The van der Waals surface area contributed by atoms with Crippen LogP contribution in [-0.4, -0.2) is 25.1 Å². The lowest BCUT2D eigenvalue weighted by molar-refractivity contribution is -0.111. The monoisotopic (exact) mass is 444 g/mol. The third-order valence-electron chi connectivity index (χ3n) is 4.11. The van der Waals surface area contributed by atoms with Gasteiger partial charge in [0.25, 0.3) is 0 Å². The van der Waals surface area contributed by atoms with Crippen LogP contribution < -0.4 is 19.5 Å². The Morgan fingerprint density at radius 3 is 2.63 bits per heavy atom. The lowest BCUT2D eigenvalue weighted by atomic mass is 10.2. The molecule has 0 radical (unpaired) electrons. The summed E-state index contributed by atoms with van der Waals surface area (Å²) in [6.07, 6.45) is 3.11. The first kappa shape index (κ1) is 21.7. The molecule has 0 atom stereocenters. The molecule has 0 aliphatic rings. The molecule has 0 aliphatic heterocycles. The Bertz CT molecular complexity index is 1070. The van der Waals surface area contributed by atoms with E-state index in [1.165, 1.54) is 20.3 Å². The van der Waals surface area contributed by atoms with Crippen molar-refractivity contribution in [2.24, 2.45) is 0 Å². The molecule has 30 heavy (non-hydrogen) atoms. The molecule has 0 fully saturated rings. The smallest absolute Gasteiger partial charge is 0.248 e. The molecule has 3 rings (SSSR count). The molecular formula is C22H21ClN2O4S. The maximum Gasteiger partial charge on any atom is 0.248 e. The third-order valence-corrected chi connectivity index (χ3v) is 5.22. The Labute approximate surface area is 184 Å². The summed E-state index contributed by atoms with van der Waals surface area (Å²) in [4.78, 5) is 16.8. The number of aromatic nitrogens is 1. The number of nitrogens with zero attached hydrogens (tertiary/aromatic N) is 1. The Morgan fingerprint density at radius 2 is 1.93 bits per heavy atom. The average molecular weight is 445 g/mol. The SMILES string of the molecule is COc1cc(OC)c(NC(=O)/C=C/c2ccccc2OCc2csc(C)n2)cc1Cl. The number of benzene rings is 2. The normalized spacial score (nSPS) is 10.8. The molecule has 0 unspecified atom stereocenters. The summed E-state index contributed by atoms with van der Waals surface area (Å²) < 4.78 is 16.3. The van der Waals surface area contributed by atoms with E-state index >= 15 is 0 Å². The van der Waals surface area contributed by atoms with Crippen LogP contribution in [0.1, 0.15) is 16.3 Å². The van der Waals surface area contributed by atoms with Crippen LogP contribution in [0.5, 0.6) is 17.2 Å². The summed E-state index contributed by atoms with van der Waals surface area (Å²) in [5.41, 5.74) is 2.10. The number of anilines is 1. The summed E-state index contributed by atoms with van der Waals surface area (Å²) >= 11 is 7.73. The lowest BCUT2D eigenvalue weighted by Gasteiger charge is -2.12. The number of hydrogen-bond donors (Lipinski definition) is 1. The van der Waals surface area contributed by atoms with Crippen LogP contribution in [0.25, 0.3) is 6.08 Å². The van der Waals surface area contributed by atoms with E-state index in [-0.39, 0.29) is 5.91 Å². The molecule has 1 aromatic heterocycles. The maximum absolute atomic E-state index is 12.4. The first-order valence-corrected chi connectivity index (χ1v) is 10.3. The minimum Gasteiger partial charge on any atom is -0.495 e. The first-order valence-electron chi connectivity index (χ1n) is 9.03. The van der Waals surface area contributed by atoms with Gasteiger partial charge in [0.1, 0.15) is 23.9 Å². The van der Waals surface area contributed by atoms with Gasteiger partial charge in [0, 0.05) is 23.1 Å². The number of methoxy groups -OCH3 is 2. The van der Waals surface area contributed by atoms with Gasteiger partial charge in [-0.1, -0.05) is 29.8 Å². The van der Waals surface area contributed by atoms with Crippen molar-refractivity contribution in [1.82, 2.24) is 4.98 Å². The highest BCUT2D eigenvalue weighted by Crippen LogP contribution is 2.35. The van der Waals surface area contributed by atoms with Gasteiger partial charge in [-0.3, -0.25) is 4.79 Å². The predicted octanol–water partition coefficient (Wildman–Crippen LogP) is 5.35. The van der Waals surface area contributed by atoms with E-state index in [1.807, 2.05) is 36.6 Å². The average Bonchev–Trinajstić information content (AvgIpc) is 3.16. The summed E-state index contributed by atoms with van der Waals surface area (Å²) in [6, 6.07) is 10.7. The van der Waals surface area contributed by atoms with Crippen LogP contribution in [0.2, 0.25) is 5.02 Å². The van der Waals surface area contributed by atoms with E-state index in [0.717, 1.165) is 16.3 Å². The van der Waals surface area contributed by atoms with Crippen LogP contribution in [0.15, 0.2) is 47.9 Å². The number of hydrogen-bond acceptors (Lipinski definition) is 6. The highest BCUT2D eigenvalue weighted by Gasteiger charge is 2.11. The minimum absolute atomic E-state index is 0.334. The molecule has 1 heterocycles. The fourth-order valence-corrected chi connectivity index (χ4v) is 3.51. The predicted molar refractivity (Wildman–Crippen MR) is 120 cm³/mol. The molecule has 1 N–H and O–H groups in total. The highest BCUT2D eigenvalue weighted by molar-refractivity contribution is 7.09. The van der Waals surface area contributed by atoms with E-state index in [4.69, 9.17) is 25.8 Å². The number of ether oxygens (including phenoxy) is 3. The summed E-state index contributed by atoms with van der Waals surface area (Å²) in [7, 11) is 3.02. The van der Waals surface area contributed by atoms with Gasteiger partial charge in [0.2, 0.25) is 5.91 Å². The van der Waals surface area contributed by atoms with Crippen molar-refractivity contribution >= 4 is 40.6 Å². The number of thiazole rings is 1. The Kier molecular flexibility index (Phi) is 7.32. The Hall–Kier alpha value is -3.03. The number of nitrogens with one attached hydrogen (secondary N) is 1. The van der Waals surface area contributed by atoms with Crippen LogP contribution in [0.4, 0.5) is 5.69 Å². The number of carbonyl (C=O) groups is 1. The molecule has 6 nitrogen and oxygen atoms in total. The van der Waals surface area contributed by atoms with Crippen LogP contribution in [0, 0.1) is 6.92 Å². The molecule has 156 valence electrons. The number of rotatable bonds is 8. The second kappa shape index (κ2) is 10.1. The summed E-state index contributed by atoms with van der Waals surface area (Å²) in [5.74, 6) is 1.24. The molecule has 1 amide bonds. The quantitative estimate of drug-likeness (QED) is 0.474. The van der Waals surface area contributed by atoms with Gasteiger partial charge in [0.15, 0.2) is 0 Å². The molecule has 0 saturated carbocycles. The van der Waals surface area contributed by atoms with Gasteiger partial charge in [-0.25, -0.2) is 4.98 Å². The second-order valence-corrected chi connectivity index (χ2v) is 7.66. The topological polar surface area (TPSA) is 69.7 Å². The molecule has 2 aromatic carbocycles. The van der Waals surface area contributed by atoms with E-state index in [1.54, 1.807) is 29.5 Å². The van der Waals surface area contributed by atoms with Crippen molar-refractivity contribution < 1.29 is 19.0 Å². The van der Waals surface area contributed by atoms with Crippen molar-refractivity contribution in [3.63, 3.8) is 0 Å². The Balaban J connectivity index is 1.70. The standard InChI is InChI=1S/C22H21ClN2O4S/c1-14-24-16(13-30-14)12-29-19-7-5-4-6-15(19)8-9-22(26)25-18-10-17(23)20(27-2)11-21(18)28-3/h4-11,13H,12H2,1-3H3,(H,25,26)/b9-8+. The van der Waals surface area contributed by atoms with Crippen molar-refractivity contribution in [3.05, 3.63) is 69.1 Å². The van der Waals surface area contributed by atoms with Gasteiger partial charge in [-0.15, -0.1) is 11.3 Å². The minimum atomic E-state index is -0.334. The first-order chi connectivity index (χ1) is 14.5. The molecule has 0 bridgehead atoms. The molecule has 0 saturated heterocycles. The molecule has 0 spiro atoms. The van der Waals surface area contributed by atoms with E-state index < -0.39 is 0 Å². The highest BCUT2D eigenvalue weighted by atomic mass is 35.5. The molecule has 0 aliphatic carbocycles. The summed E-state index contributed by atoms with van der Waals surface area (Å²) in [5, 5.41) is 6.09. The van der Waals surface area contributed by atoms with Crippen molar-refractivity contribution in [2.45, 2.75) is 13.5 Å². The van der Waals surface area contributed by atoms with Gasteiger partial charge in [-0.2, -0.15) is 0 Å². The zero-order chi connectivity index (χ0) is 21.5. The largest absolute Gasteiger partial charge is 0.495 e. The second-order valence-electron chi connectivity index (χ2n) is 6.19. The van der Waals surface area contributed by atoms with Gasteiger partial charge < -0.3 is 19.5 Å². The number of halogens is 1. The number of carbonyl (C=O) groups excluding carboxylic acids is 1. The fourth-order valence-electron chi connectivity index (χ4n) is 2.67. The van der Waals surface area contributed by atoms with Crippen molar-refractivity contribution in [1.29, 1.82) is 0 Å². The third kappa shape index (κ3) is 5.52.